The van der Waals surface area contributed by atoms with Gasteiger partial charge in [0.1, 0.15) is 18.9 Å². The van der Waals surface area contributed by atoms with E-state index in [4.69, 9.17) is 18.9 Å². The lowest BCUT2D eigenvalue weighted by Gasteiger charge is -2.37. The van der Waals surface area contributed by atoms with Crippen LogP contribution in [0.5, 0.6) is 0 Å². The Hall–Kier alpha value is -2.89. The lowest BCUT2D eigenvalue weighted by Crippen LogP contribution is -2.62. The van der Waals surface area contributed by atoms with Gasteiger partial charge in [-0.3, -0.25) is 24.1 Å². The molecule has 12 nitrogen and oxygen atoms in total. The second-order valence-corrected chi connectivity index (χ2v) is 6.70. The lowest BCUT2D eigenvalue weighted by atomic mass is 10.1. The van der Waals surface area contributed by atoms with Gasteiger partial charge in [0, 0.05) is 40.7 Å². The molecule has 2 rings (SSSR count). The monoisotopic (exact) mass is 415 g/mol. The Morgan fingerprint density at radius 2 is 1.69 bits per heavy atom. The molecule has 0 saturated carbocycles. The van der Waals surface area contributed by atoms with E-state index in [0.717, 1.165) is 0 Å². The van der Waals surface area contributed by atoms with Crippen LogP contribution in [0.4, 0.5) is 4.79 Å². The minimum Gasteiger partial charge on any atom is -0.463 e. The van der Waals surface area contributed by atoms with Crippen LogP contribution in [-0.2, 0) is 38.1 Å². The molecule has 12 heteroatoms. The van der Waals surface area contributed by atoms with E-state index in [1.54, 1.807) is 0 Å². The van der Waals surface area contributed by atoms with Crippen molar-refractivity contribution in [1.29, 1.82) is 0 Å². The van der Waals surface area contributed by atoms with Gasteiger partial charge >= 0.3 is 23.9 Å². The van der Waals surface area contributed by atoms with Gasteiger partial charge in [0.05, 0.1) is 0 Å². The highest BCUT2D eigenvalue weighted by atomic mass is 16.7. The van der Waals surface area contributed by atoms with Gasteiger partial charge < -0.3 is 29.6 Å². The maximum Gasteiger partial charge on any atom is 0.321 e. The van der Waals surface area contributed by atoms with E-state index < -0.39 is 54.6 Å². The van der Waals surface area contributed by atoms with Gasteiger partial charge in [0.15, 0.2) is 18.4 Å². The molecule has 0 aromatic rings. The summed E-state index contributed by atoms with van der Waals surface area (Å²) >= 11 is 0. The molecule has 2 fully saturated rings. The number of ether oxygens (including phenoxy) is 4. The molecule has 3 amide bonds. The summed E-state index contributed by atoms with van der Waals surface area (Å²) in [6.45, 7) is 4.80. The van der Waals surface area contributed by atoms with Gasteiger partial charge in [0.25, 0.3) is 0 Å². The van der Waals surface area contributed by atoms with E-state index >= 15 is 0 Å². The molecule has 0 aromatic heterocycles. The summed E-state index contributed by atoms with van der Waals surface area (Å²) in [5.74, 6) is -2.19. The average Bonchev–Trinajstić information content (AvgIpc) is 2.89. The predicted molar refractivity (Wildman–Crippen MR) is 93.9 cm³/mol. The number of hydrogen-bond acceptors (Lipinski definition) is 9. The van der Waals surface area contributed by atoms with Gasteiger partial charge in [-0.25, -0.2) is 4.79 Å². The third kappa shape index (κ3) is 6.04. The van der Waals surface area contributed by atoms with E-state index in [1.165, 1.54) is 32.6 Å². The zero-order valence-corrected chi connectivity index (χ0v) is 16.6. The zero-order valence-electron chi connectivity index (χ0n) is 16.6. The lowest BCUT2D eigenvalue weighted by molar-refractivity contribution is -0.167. The molecule has 2 aliphatic rings. The predicted octanol–water partition coefficient (Wildman–Crippen LogP) is -0.985. The number of rotatable bonds is 6. The number of nitrogens with zero attached hydrogens (tertiary/aromatic N) is 1. The van der Waals surface area contributed by atoms with Crippen LogP contribution < -0.4 is 10.6 Å². The Labute approximate surface area is 167 Å². The van der Waals surface area contributed by atoms with Gasteiger partial charge in [-0.15, -0.1) is 0 Å². The molecule has 0 unspecified atom stereocenters. The summed E-state index contributed by atoms with van der Waals surface area (Å²) in [7, 11) is 0. The molecule has 5 atom stereocenters. The van der Waals surface area contributed by atoms with Crippen molar-refractivity contribution in [3.05, 3.63) is 0 Å². The molecular weight excluding hydrogens is 390 g/mol. The molecule has 0 spiro atoms. The second-order valence-electron chi connectivity index (χ2n) is 6.70. The highest BCUT2D eigenvalue weighted by molar-refractivity contribution is 5.78. The first-order valence-electron chi connectivity index (χ1n) is 9.06. The topological polar surface area (TPSA) is 150 Å². The van der Waals surface area contributed by atoms with E-state index in [0.29, 0.717) is 6.42 Å². The van der Waals surface area contributed by atoms with Gasteiger partial charge in [-0.1, -0.05) is 0 Å². The molecule has 0 aliphatic carbocycles. The minimum atomic E-state index is -1.12. The van der Waals surface area contributed by atoms with Crippen molar-refractivity contribution in [2.45, 2.75) is 64.8 Å². The SMILES string of the molecule is CC(=O)N[C@@H]1CCN([C@@H]2O[C@@H](COC(C)=O)[C@@H](OC(C)=O)[C@H]2OC(C)=O)C(=O)N1. The van der Waals surface area contributed by atoms with Crippen molar-refractivity contribution in [3.8, 4) is 0 Å². The fourth-order valence-corrected chi connectivity index (χ4v) is 3.21. The molecule has 0 radical (unpaired) electrons. The van der Waals surface area contributed by atoms with Gasteiger partial charge in [0.2, 0.25) is 5.91 Å². The Morgan fingerprint density at radius 3 is 2.21 bits per heavy atom. The summed E-state index contributed by atoms with van der Waals surface area (Å²) in [6.07, 6.45) is -4.42. The van der Waals surface area contributed by atoms with Crippen LogP contribution >= 0.6 is 0 Å². The van der Waals surface area contributed by atoms with Gasteiger partial charge in [-0.2, -0.15) is 0 Å². The van der Waals surface area contributed by atoms with Crippen LogP contribution in [-0.4, -0.2) is 78.6 Å². The summed E-state index contributed by atoms with van der Waals surface area (Å²) in [6, 6.07) is -0.563. The first kappa shape index (κ1) is 22.4. The molecule has 0 aromatic carbocycles. The fraction of sp³-hybridized carbons (Fsp3) is 0.706. The van der Waals surface area contributed by atoms with Crippen molar-refractivity contribution < 1.29 is 42.9 Å². The maximum absolute atomic E-state index is 12.6. The summed E-state index contributed by atoms with van der Waals surface area (Å²) in [5, 5.41) is 5.20. The number of carbonyl (C=O) groups excluding carboxylic acids is 5. The van der Waals surface area contributed by atoms with Gasteiger partial charge in [-0.05, 0) is 0 Å². The maximum atomic E-state index is 12.6. The van der Waals surface area contributed by atoms with Crippen LogP contribution in [0, 0.1) is 0 Å². The molecular formula is C17H25N3O9. The van der Waals surface area contributed by atoms with E-state index in [2.05, 4.69) is 10.6 Å². The molecule has 2 saturated heterocycles. The van der Waals surface area contributed by atoms with Crippen LogP contribution in [0.25, 0.3) is 0 Å². The number of carbonyl (C=O) groups is 5. The summed E-state index contributed by atoms with van der Waals surface area (Å²) in [4.78, 5) is 59.4. The normalized spacial score (nSPS) is 28.9. The van der Waals surface area contributed by atoms with Crippen molar-refractivity contribution in [2.24, 2.45) is 0 Å². The number of hydrogen-bond donors (Lipinski definition) is 2. The standard InChI is InChI=1S/C17H25N3O9/c1-8(21)18-13-5-6-20(17(25)19-13)16-15(28-11(4)24)14(27-10(3)23)12(29-16)7-26-9(2)22/h12-16H,5-7H2,1-4H3,(H,18,21)(H,19,25)/t12-,13-,14+,15+,16+/m0/s1. The quantitative estimate of drug-likeness (QED) is 0.412. The molecule has 0 bridgehead atoms. The third-order valence-electron chi connectivity index (χ3n) is 4.24. The Balaban J connectivity index is 2.21. The summed E-state index contributed by atoms with van der Waals surface area (Å²) in [5.41, 5.74) is 0. The largest absolute Gasteiger partial charge is 0.463 e. The Kier molecular flexibility index (Phi) is 7.37. The number of amides is 3. The number of nitrogens with one attached hydrogen (secondary N) is 2. The first-order valence-corrected chi connectivity index (χ1v) is 9.06. The molecule has 162 valence electrons. The minimum absolute atomic E-state index is 0.173. The fourth-order valence-electron chi connectivity index (χ4n) is 3.21. The first-order chi connectivity index (χ1) is 13.6. The Bertz CT molecular complexity index is 683. The van der Waals surface area contributed by atoms with Crippen LogP contribution in [0.15, 0.2) is 0 Å². The van der Waals surface area contributed by atoms with E-state index in [9.17, 15) is 24.0 Å². The van der Waals surface area contributed by atoms with Crippen molar-refractivity contribution >= 4 is 29.8 Å². The molecule has 2 heterocycles. The smallest absolute Gasteiger partial charge is 0.321 e. The zero-order chi connectivity index (χ0) is 21.7. The highest BCUT2D eigenvalue weighted by Gasteiger charge is 2.53. The Morgan fingerprint density at radius 1 is 1.07 bits per heavy atom. The molecule has 29 heavy (non-hydrogen) atoms. The van der Waals surface area contributed by atoms with Crippen LogP contribution in [0.3, 0.4) is 0 Å². The van der Waals surface area contributed by atoms with Crippen molar-refractivity contribution in [3.63, 3.8) is 0 Å². The molecule has 2 N–H and O–H groups in total. The molecule has 2 aliphatic heterocycles. The van der Waals surface area contributed by atoms with Crippen molar-refractivity contribution in [2.75, 3.05) is 13.2 Å². The van der Waals surface area contributed by atoms with Crippen LogP contribution in [0.1, 0.15) is 34.1 Å². The van der Waals surface area contributed by atoms with E-state index in [-0.39, 0.29) is 19.1 Å². The number of urea groups is 1. The number of esters is 3. The van der Waals surface area contributed by atoms with Crippen LogP contribution in [0.2, 0.25) is 0 Å². The average molecular weight is 415 g/mol. The van der Waals surface area contributed by atoms with Crippen molar-refractivity contribution in [1.82, 2.24) is 15.5 Å². The highest BCUT2D eigenvalue weighted by Crippen LogP contribution is 2.31. The third-order valence-corrected chi connectivity index (χ3v) is 4.24. The van der Waals surface area contributed by atoms with E-state index in [1.807, 2.05) is 0 Å². The summed E-state index contributed by atoms with van der Waals surface area (Å²) < 4.78 is 21.3. The second kappa shape index (κ2) is 9.54.